The highest BCUT2D eigenvalue weighted by molar-refractivity contribution is 7.87. The molecule has 0 unspecified atom stereocenters. The number of carbonyl (C=O) groups is 2. The molecule has 2 aromatic rings. The first-order chi connectivity index (χ1) is 11.3. The van der Waals surface area contributed by atoms with Gasteiger partial charge >= 0.3 is 10.3 Å². The number of amides is 2. The van der Waals surface area contributed by atoms with Crippen LogP contribution in [0.5, 0.6) is 0 Å². The van der Waals surface area contributed by atoms with Gasteiger partial charge in [-0.05, 0) is 19.1 Å². The molecule has 0 saturated carbocycles. The van der Waals surface area contributed by atoms with Crippen LogP contribution in [0.15, 0.2) is 40.9 Å². The van der Waals surface area contributed by atoms with Gasteiger partial charge in [0.15, 0.2) is 5.76 Å². The summed E-state index contributed by atoms with van der Waals surface area (Å²) in [7, 11) is -4.49. The zero-order valence-electron chi connectivity index (χ0n) is 12.3. The molecule has 0 aliphatic carbocycles. The lowest BCUT2D eigenvalue weighted by atomic mass is 10.1. The molecular formula is C14H11N3O6S. The van der Waals surface area contributed by atoms with Crippen LogP contribution in [0.2, 0.25) is 0 Å². The zero-order chi connectivity index (χ0) is 17.5. The highest BCUT2D eigenvalue weighted by Gasteiger charge is 2.25. The van der Waals surface area contributed by atoms with Gasteiger partial charge in [0.2, 0.25) is 0 Å². The number of aryl methyl sites for hydroxylation is 1. The van der Waals surface area contributed by atoms with Crippen molar-refractivity contribution in [2.75, 3.05) is 9.62 Å². The Labute approximate surface area is 136 Å². The Bertz CT molecular complexity index is 941. The fourth-order valence-corrected chi connectivity index (χ4v) is 2.74. The monoisotopic (exact) mass is 349 g/mol. The number of hydrogen-bond donors (Lipinski definition) is 2. The summed E-state index contributed by atoms with van der Waals surface area (Å²) in [6.45, 7) is 1.48. The summed E-state index contributed by atoms with van der Waals surface area (Å²) in [6.07, 6.45) is 2.34. The topological polar surface area (TPSA) is 130 Å². The molecule has 24 heavy (non-hydrogen) atoms. The summed E-state index contributed by atoms with van der Waals surface area (Å²) in [4.78, 5) is 24.3. The highest BCUT2D eigenvalue weighted by atomic mass is 32.2. The van der Waals surface area contributed by atoms with Crippen LogP contribution in [-0.2, 0) is 19.9 Å². The molecule has 0 saturated heterocycles. The molecule has 1 aliphatic heterocycles. The van der Waals surface area contributed by atoms with Crippen molar-refractivity contribution in [1.82, 2.24) is 5.16 Å². The number of nitrogens with zero attached hydrogens (tertiary/aromatic N) is 2. The minimum absolute atomic E-state index is 0.000224. The Morgan fingerprint density at radius 2 is 1.71 bits per heavy atom. The molecule has 0 bridgehead atoms. The lowest BCUT2D eigenvalue weighted by Gasteiger charge is -2.14. The van der Waals surface area contributed by atoms with Crippen LogP contribution in [0.4, 0.5) is 11.4 Å². The van der Waals surface area contributed by atoms with E-state index in [0.29, 0.717) is 11.3 Å². The molecule has 1 aliphatic rings. The van der Waals surface area contributed by atoms with E-state index in [2.05, 4.69) is 5.16 Å². The minimum atomic E-state index is -4.49. The van der Waals surface area contributed by atoms with Gasteiger partial charge in [0, 0.05) is 17.7 Å². The summed E-state index contributed by atoms with van der Waals surface area (Å²) >= 11 is 0. The summed E-state index contributed by atoms with van der Waals surface area (Å²) < 4.78 is 37.8. The normalized spacial score (nSPS) is 14.5. The second-order valence-corrected chi connectivity index (χ2v) is 6.09. The molecule has 0 spiro atoms. The fourth-order valence-electron chi connectivity index (χ4n) is 2.24. The number of rotatable bonds is 4. The Morgan fingerprint density at radius 1 is 1.12 bits per heavy atom. The van der Waals surface area contributed by atoms with Gasteiger partial charge in [-0.25, -0.2) is 4.90 Å². The molecule has 2 heterocycles. The zero-order valence-corrected chi connectivity index (χ0v) is 13.1. The van der Waals surface area contributed by atoms with E-state index in [9.17, 15) is 18.0 Å². The van der Waals surface area contributed by atoms with Crippen molar-refractivity contribution in [2.45, 2.75) is 6.92 Å². The van der Waals surface area contributed by atoms with Gasteiger partial charge in [0.1, 0.15) is 11.4 Å². The Kier molecular flexibility index (Phi) is 3.70. The van der Waals surface area contributed by atoms with E-state index in [1.54, 1.807) is 12.1 Å². The van der Waals surface area contributed by atoms with Gasteiger partial charge in [0.25, 0.3) is 11.8 Å². The molecule has 0 atom stereocenters. The number of imide groups is 1. The lowest BCUT2D eigenvalue weighted by Crippen LogP contribution is -2.29. The third-order valence-corrected chi connectivity index (χ3v) is 3.76. The van der Waals surface area contributed by atoms with Crippen LogP contribution in [-0.4, -0.2) is 29.9 Å². The van der Waals surface area contributed by atoms with Crippen LogP contribution in [0.3, 0.4) is 0 Å². The van der Waals surface area contributed by atoms with Crippen molar-refractivity contribution in [1.29, 1.82) is 0 Å². The maximum Gasteiger partial charge on any atom is 0.357 e. The molecule has 9 nitrogen and oxygen atoms in total. The quantitative estimate of drug-likeness (QED) is 0.628. The van der Waals surface area contributed by atoms with Crippen LogP contribution >= 0.6 is 0 Å². The first kappa shape index (κ1) is 15.9. The number of anilines is 2. The Balaban J connectivity index is 1.95. The first-order valence-electron chi connectivity index (χ1n) is 6.64. The number of carbonyl (C=O) groups excluding carboxylic acids is 2. The Hall–Kier alpha value is -2.98. The molecule has 0 radical (unpaired) electrons. The maximum atomic E-state index is 11.6. The number of benzene rings is 1. The SMILES string of the molecule is Cc1onc(-c2ccc(N3C(=O)C=CC3=O)cc2)c1NS(=O)(=O)O. The molecule has 10 heteroatoms. The smallest absolute Gasteiger partial charge is 0.357 e. The van der Waals surface area contributed by atoms with Gasteiger partial charge in [-0.2, -0.15) is 8.42 Å². The molecular weight excluding hydrogens is 338 g/mol. The van der Waals surface area contributed by atoms with Crippen molar-refractivity contribution >= 4 is 33.5 Å². The van der Waals surface area contributed by atoms with E-state index in [-0.39, 0.29) is 17.1 Å². The van der Waals surface area contributed by atoms with Crippen molar-refractivity contribution in [3.8, 4) is 11.3 Å². The molecule has 124 valence electrons. The van der Waals surface area contributed by atoms with E-state index in [4.69, 9.17) is 9.08 Å². The van der Waals surface area contributed by atoms with Crippen LogP contribution < -0.4 is 9.62 Å². The van der Waals surface area contributed by atoms with Gasteiger partial charge in [-0.3, -0.25) is 18.9 Å². The van der Waals surface area contributed by atoms with E-state index in [0.717, 1.165) is 4.90 Å². The average Bonchev–Trinajstić information content (AvgIpc) is 3.02. The number of hydrogen-bond acceptors (Lipinski definition) is 6. The van der Waals surface area contributed by atoms with Crippen LogP contribution in [0.1, 0.15) is 5.76 Å². The minimum Gasteiger partial charge on any atom is -0.359 e. The summed E-state index contributed by atoms with van der Waals surface area (Å²) in [6, 6.07) is 6.11. The molecule has 1 aromatic heterocycles. The van der Waals surface area contributed by atoms with Crippen molar-refractivity contribution in [2.24, 2.45) is 0 Å². The summed E-state index contributed by atoms with van der Waals surface area (Å²) in [5, 5.41) is 3.75. The van der Waals surface area contributed by atoms with E-state index >= 15 is 0 Å². The van der Waals surface area contributed by atoms with Gasteiger partial charge in [-0.1, -0.05) is 17.3 Å². The first-order valence-corrected chi connectivity index (χ1v) is 8.08. The molecule has 0 fully saturated rings. The summed E-state index contributed by atoms with van der Waals surface area (Å²) in [5.41, 5.74) is 0.992. The molecule has 2 N–H and O–H groups in total. The fraction of sp³-hybridized carbons (Fsp3) is 0.0714. The van der Waals surface area contributed by atoms with Crippen molar-refractivity contribution in [3.63, 3.8) is 0 Å². The maximum absolute atomic E-state index is 11.6. The van der Waals surface area contributed by atoms with Gasteiger partial charge < -0.3 is 4.52 Å². The Morgan fingerprint density at radius 3 is 2.25 bits per heavy atom. The van der Waals surface area contributed by atoms with Crippen LogP contribution in [0, 0.1) is 6.92 Å². The standard InChI is InChI=1S/C14H11N3O6S/c1-8-13(16-24(20,21)22)14(15-23-8)9-2-4-10(5-3-9)17-11(18)6-7-12(17)19/h2-7,16H,1H3,(H,20,21,22). The second-order valence-electron chi connectivity index (χ2n) is 4.93. The van der Waals surface area contributed by atoms with Gasteiger partial charge in [-0.15, -0.1) is 0 Å². The molecule has 3 rings (SSSR count). The van der Waals surface area contributed by atoms with Crippen molar-refractivity contribution < 1.29 is 27.1 Å². The molecule has 2 amide bonds. The largest absolute Gasteiger partial charge is 0.359 e. The number of nitrogens with one attached hydrogen (secondary N) is 1. The van der Waals surface area contributed by atoms with E-state index in [1.807, 2.05) is 4.72 Å². The van der Waals surface area contributed by atoms with Crippen molar-refractivity contribution in [3.05, 3.63) is 42.2 Å². The number of aromatic nitrogens is 1. The van der Waals surface area contributed by atoms with Gasteiger partial charge in [0.05, 0.1) is 5.69 Å². The summed E-state index contributed by atoms with van der Waals surface area (Å²) in [5.74, 6) is -0.724. The predicted octanol–water partition coefficient (Wildman–Crippen LogP) is 1.29. The average molecular weight is 349 g/mol. The lowest BCUT2D eigenvalue weighted by molar-refractivity contribution is -0.119. The molecule has 1 aromatic carbocycles. The van der Waals surface area contributed by atoms with E-state index < -0.39 is 22.1 Å². The predicted molar refractivity (Wildman–Crippen MR) is 83.5 cm³/mol. The van der Waals surface area contributed by atoms with Crippen LogP contribution in [0.25, 0.3) is 11.3 Å². The third-order valence-electron chi connectivity index (χ3n) is 3.30. The highest BCUT2D eigenvalue weighted by Crippen LogP contribution is 2.32. The third kappa shape index (κ3) is 2.92. The second kappa shape index (κ2) is 5.58. The van der Waals surface area contributed by atoms with E-state index in [1.165, 1.54) is 31.2 Å².